The SMILES string of the molecule is COc1ccc(Cl)cc1NC(=O)[C@H](C)Sc1nc2ccccc2c(=O)n1C(C)C. The fraction of sp³-hybridized carbons (Fsp3) is 0.286. The van der Waals surface area contributed by atoms with Crippen molar-refractivity contribution < 1.29 is 9.53 Å². The number of rotatable bonds is 6. The third-order valence-corrected chi connectivity index (χ3v) is 5.66. The van der Waals surface area contributed by atoms with Crippen LogP contribution in [0.15, 0.2) is 52.4 Å². The number of para-hydroxylation sites is 1. The number of hydrogen-bond acceptors (Lipinski definition) is 5. The third kappa shape index (κ3) is 4.57. The molecule has 6 nitrogen and oxygen atoms in total. The number of anilines is 1. The molecule has 1 amide bonds. The van der Waals surface area contributed by atoms with Crippen LogP contribution in [0, 0.1) is 0 Å². The highest BCUT2D eigenvalue weighted by Crippen LogP contribution is 2.30. The fourth-order valence-electron chi connectivity index (χ4n) is 2.89. The Bertz CT molecular complexity index is 1110. The maximum atomic E-state index is 12.9. The van der Waals surface area contributed by atoms with Crippen LogP contribution in [0.3, 0.4) is 0 Å². The van der Waals surface area contributed by atoms with E-state index in [1.54, 1.807) is 41.8 Å². The van der Waals surface area contributed by atoms with E-state index in [2.05, 4.69) is 10.3 Å². The smallest absolute Gasteiger partial charge is 0.262 e. The monoisotopic (exact) mass is 431 g/mol. The predicted molar refractivity (Wildman–Crippen MR) is 118 cm³/mol. The standard InChI is InChI=1S/C21H22ClN3O3S/c1-12(2)25-20(27)15-7-5-6-8-16(15)24-21(25)29-13(3)19(26)23-17-11-14(22)9-10-18(17)28-4/h5-13H,1-4H3,(H,23,26)/t13-/m0/s1. The minimum Gasteiger partial charge on any atom is -0.495 e. The topological polar surface area (TPSA) is 73.2 Å². The van der Waals surface area contributed by atoms with Crippen LogP contribution in [0.5, 0.6) is 5.75 Å². The van der Waals surface area contributed by atoms with Crippen LogP contribution in [0.1, 0.15) is 26.8 Å². The number of benzene rings is 2. The zero-order chi connectivity index (χ0) is 21.1. The second-order valence-electron chi connectivity index (χ2n) is 6.77. The second-order valence-corrected chi connectivity index (χ2v) is 8.52. The number of amides is 1. The first-order valence-electron chi connectivity index (χ1n) is 9.14. The van der Waals surface area contributed by atoms with Gasteiger partial charge in [-0.3, -0.25) is 14.2 Å². The Labute approximate surface area is 178 Å². The number of ether oxygens (including phenoxy) is 1. The predicted octanol–water partition coefficient (Wildman–Crippen LogP) is 4.76. The number of fused-ring (bicyclic) bond motifs is 1. The zero-order valence-corrected chi connectivity index (χ0v) is 18.2. The van der Waals surface area contributed by atoms with Crippen molar-refractivity contribution in [1.29, 1.82) is 0 Å². The highest BCUT2D eigenvalue weighted by molar-refractivity contribution is 8.00. The molecular weight excluding hydrogens is 410 g/mol. The molecule has 1 atom stereocenters. The van der Waals surface area contributed by atoms with E-state index in [0.29, 0.717) is 32.5 Å². The zero-order valence-electron chi connectivity index (χ0n) is 16.6. The molecule has 3 rings (SSSR count). The minimum atomic E-state index is -0.503. The van der Waals surface area contributed by atoms with Crippen molar-refractivity contribution >= 4 is 45.9 Å². The highest BCUT2D eigenvalue weighted by Gasteiger charge is 2.21. The van der Waals surface area contributed by atoms with Crippen LogP contribution in [0.2, 0.25) is 5.02 Å². The molecule has 0 aliphatic carbocycles. The Morgan fingerprint density at radius 2 is 1.93 bits per heavy atom. The summed E-state index contributed by atoms with van der Waals surface area (Å²) in [5, 5.41) is 3.89. The summed E-state index contributed by atoms with van der Waals surface area (Å²) in [6, 6.07) is 12.1. The number of hydrogen-bond donors (Lipinski definition) is 1. The largest absolute Gasteiger partial charge is 0.495 e. The van der Waals surface area contributed by atoms with E-state index >= 15 is 0 Å². The van der Waals surface area contributed by atoms with Gasteiger partial charge in [-0.25, -0.2) is 4.98 Å². The molecule has 0 fully saturated rings. The quantitative estimate of drug-likeness (QED) is 0.450. The van der Waals surface area contributed by atoms with E-state index in [1.807, 2.05) is 26.0 Å². The van der Waals surface area contributed by atoms with Crippen LogP contribution in [-0.4, -0.2) is 27.8 Å². The van der Waals surface area contributed by atoms with Gasteiger partial charge in [-0.1, -0.05) is 35.5 Å². The van der Waals surface area contributed by atoms with Crippen molar-refractivity contribution in [1.82, 2.24) is 9.55 Å². The summed E-state index contributed by atoms with van der Waals surface area (Å²) < 4.78 is 6.90. The van der Waals surface area contributed by atoms with Crippen LogP contribution in [0.4, 0.5) is 5.69 Å². The molecule has 8 heteroatoms. The number of carbonyl (C=O) groups excluding carboxylic acids is 1. The first-order valence-corrected chi connectivity index (χ1v) is 10.4. The Hall–Kier alpha value is -2.51. The molecule has 0 saturated carbocycles. The molecule has 0 aliphatic heterocycles. The summed E-state index contributed by atoms with van der Waals surface area (Å²) in [6.07, 6.45) is 0. The van der Waals surface area contributed by atoms with E-state index in [4.69, 9.17) is 16.3 Å². The van der Waals surface area contributed by atoms with Crippen LogP contribution >= 0.6 is 23.4 Å². The molecule has 3 aromatic rings. The molecule has 1 heterocycles. The molecule has 0 unspecified atom stereocenters. The molecule has 1 N–H and O–H groups in total. The Balaban J connectivity index is 1.90. The lowest BCUT2D eigenvalue weighted by molar-refractivity contribution is -0.115. The van der Waals surface area contributed by atoms with Crippen molar-refractivity contribution in [3.8, 4) is 5.75 Å². The lowest BCUT2D eigenvalue weighted by atomic mass is 10.2. The molecule has 152 valence electrons. The molecule has 0 bridgehead atoms. The average molecular weight is 432 g/mol. The van der Waals surface area contributed by atoms with Crippen LogP contribution in [-0.2, 0) is 4.79 Å². The fourth-order valence-corrected chi connectivity index (χ4v) is 4.10. The van der Waals surface area contributed by atoms with Gasteiger partial charge in [0.25, 0.3) is 5.56 Å². The van der Waals surface area contributed by atoms with Gasteiger partial charge in [0.2, 0.25) is 5.91 Å². The highest BCUT2D eigenvalue weighted by atomic mass is 35.5. The van der Waals surface area contributed by atoms with Gasteiger partial charge in [0.15, 0.2) is 5.16 Å². The Kier molecular flexibility index (Phi) is 6.49. The van der Waals surface area contributed by atoms with Crippen molar-refractivity contribution in [2.45, 2.75) is 37.2 Å². The van der Waals surface area contributed by atoms with E-state index in [9.17, 15) is 9.59 Å². The average Bonchev–Trinajstić information content (AvgIpc) is 2.68. The molecule has 2 aromatic carbocycles. The van der Waals surface area contributed by atoms with Crippen LogP contribution in [0.25, 0.3) is 10.9 Å². The summed E-state index contributed by atoms with van der Waals surface area (Å²) in [6.45, 7) is 5.61. The molecule has 0 saturated heterocycles. The van der Waals surface area contributed by atoms with Gasteiger partial charge in [0.05, 0.1) is 29.0 Å². The maximum Gasteiger partial charge on any atom is 0.262 e. The molecular formula is C21H22ClN3O3S. The van der Waals surface area contributed by atoms with Crippen LogP contribution < -0.4 is 15.6 Å². The molecule has 0 aliphatic rings. The molecule has 1 aromatic heterocycles. The lowest BCUT2D eigenvalue weighted by Gasteiger charge is -2.19. The number of nitrogens with zero attached hydrogens (tertiary/aromatic N) is 2. The molecule has 0 spiro atoms. The summed E-state index contributed by atoms with van der Waals surface area (Å²) in [5.74, 6) is 0.274. The number of carbonyl (C=O) groups is 1. The van der Waals surface area contributed by atoms with Crippen molar-refractivity contribution in [3.63, 3.8) is 0 Å². The van der Waals surface area contributed by atoms with E-state index in [-0.39, 0.29) is 17.5 Å². The van der Waals surface area contributed by atoms with E-state index in [0.717, 1.165) is 0 Å². The van der Waals surface area contributed by atoms with E-state index < -0.39 is 5.25 Å². The van der Waals surface area contributed by atoms with Crippen molar-refractivity contribution in [3.05, 3.63) is 57.8 Å². The number of methoxy groups -OCH3 is 1. The number of halogens is 1. The summed E-state index contributed by atoms with van der Waals surface area (Å²) in [7, 11) is 1.53. The lowest BCUT2D eigenvalue weighted by Crippen LogP contribution is -2.28. The Morgan fingerprint density at radius 1 is 1.21 bits per heavy atom. The van der Waals surface area contributed by atoms with Crippen molar-refractivity contribution in [2.24, 2.45) is 0 Å². The minimum absolute atomic E-state index is 0.0922. The summed E-state index contributed by atoms with van der Waals surface area (Å²) in [4.78, 5) is 30.3. The maximum absolute atomic E-state index is 12.9. The van der Waals surface area contributed by atoms with Gasteiger partial charge in [0.1, 0.15) is 5.75 Å². The van der Waals surface area contributed by atoms with Gasteiger partial charge in [0, 0.05) is 11.1 Å². The van der Waals surface area contributed by atoms with Gasteiger partial charge in [-0.2, -0.15) is 0 Å². The summed E-state index contributed by atoms with van der Waals surface area (Å²) in [5.41, 5.74) is 0.989. The summed E-state index contributed by atoms with van der Waals surface area (Å²) >= 11 is 7.27. The number of aromatic nitrogens is 2. The Morgan fingerprint density at radius 3 is 2.62 bits per heavy atom. The molecule has 29 heavy (non-hydrogen) atoms. The normalized spacial score (nSPS) is 12.2. The third-order valence-electron chi connectivity index (χ3n) is 4.36. The van der Waals surface area contributed by atoms with Gasteiger partial charge >= 0.3 is 0 Å². The van der Waals surface area contributed by atoms with Gasteiger partial charge in [-0.15, -0.1) is 0 Å². The molecule has 0 radical (unpaired) electrons. The number of thioether (sulfide) groups is 1. The first kappa shape index (κ1) is 21.2. The number of nitrogens with one attached hydrogen (secondary N) is 1. The van der Waals surface area contributed by atoms with E-state index in [1.165, 1.54) is 18.9 Å². The van der Waals surface area contributed by atoms with Gasteiger partial charge < -0.3 is 10.1 Å². The van der Waals surface area contributed by atoms with Crippen molar-refractivity contribution in [2.75, 3.05) is 12.4 Å². The van der Waals surface area contributed by atoms with Gasteiger partial charge in [-0.05, 0) is 51.1 Å². The second kappa shape index (κ2) is 8.88. The first-order chi connectivity index (χ1) is 13.8.